The van der Waals surface area contributed by atoms with E-state index in [2.05, 4.69) is 19.2 Å². The molecule has 0 fully saturated rings. The van der Waals surface area contributed by atoms with Crippen molar-refractivity contribution in [1.82, 2.24) is 9.55 Å². The third-order valence-electron chi connectivity index (χ3n) is 5.09. The highest BCUT2D eigenvalue weighted by Crippen LogP contribution is 2.35. The fraction of sp³-hybridized carbons (Fsp3) is 0.409. The van der Waals surface area contributed by atoms with Crippen LogP contribution in [0.25, 0.3) is 10.2 Å². The van der Waals surface area contributed by atoms with Crippen LogP contribution >= 0.6 is 23.1 Å². The Labute approximate surface area is 188 Å². The number of thiophene rings is 1. The number of anilines is 1. The summed E-state index contributed by atoms with van der Waals surface area (Å²) < 4.78 is 12.4. The normalized spacial score (nSPS) is 13.7. The molecule has 164 valence electrons. The number of carbonyl (C=O) groups is 1. The number of thioether (sulfide) groups is 1. The molecule has 0 radical (unpaired) electrons. The standard InChI is InChI=1S/C22H25N3O4S2/c1-11(2)9-25-21(27)18-12(3)13(4)30-20(18)24-22(25)31-14(5)19(26)23-15-6-7-16-17(8-15)29-10-28-16/h6-8,11,14H,9-10H2,1-5H3,(H,23,26). The SMILES string of the molecule is Cc1sc2nc(SC(C)C(=O)Nc3ccc4c(c3)OCO4)n(CC(C)C)c(=O)c2c1C. The molecule has 1 atom stereocenters. The maximum Gasteiger partial charge on any atom is 0.263 e. The molecule has 0 saturated carbocycles. The Balaban J connectivity index is 1.60. The number of hydrogen-bond donors (Lipinski definition) is 1. The van der Waals surface area contributed by atoms with Gasteiger partial charge in [0, 0.05) is 23.2 Å². The second kappa shape index (κ2) is 8.55. The van der Waals surface area contributed by atoms with Crippen molar-refractivity contribution in [3.63, 3.8) is 0 Å². The number of ether oxygens (including phenoxy) is 2. The van der Waals surface area contributed by atoms with Gasteiger partial charge in [0.05, 0.1) is 10.6 Å². The van der Waals surface area contributed by atoms with Crippen molar-refractivity contribution >= 4 is 44.9 Å². The fourth-order valence-corrected chi connectivity index (χ4v) is 5.34. The molecular weight excluding hydrogens is 434 g/mol. The van der Waals surface area contributed by atoms with Crippen molar-refractivity contribution in [2.45, 2.75) is 51.6 Å². The molecule has 0 spiro atoms. The molecule has 1 amide bonds. The maximum absolute atomic E-state index is 13.3. The molecule has 3 aromatic rings. The molecule has 3 heterocycles. The van der Waals surface area contributed by atoms with Crippen LogP contribution in [-0.4, -0.2) is 27.5 Å². The summed E-state index contributed by atoms with van der Waals surface area (Å²) >= 11 is 2.82. The lowest BCUT2D eigenvalue weighted by molar-refractivity contribution is -0.115. The van der Waals surface area contributed by atoms with Crippen molar-refractivity contribution in [3.05, 3.63) is 39.0 Å². The number of aromatic nitrogens is 2. The number of amides is 1. The Bertz CT molecular complexity index is 1220. The largest absolute Gasteiger partial charge is 0.454 e. The van der Waals surface area contributed by atoms with Crippen LogP contribution in [0.2, 0.25) is 0 Å². The molecule has 9 heteroatoms. The van der Waals surface area contributed by atoms with Gasteiger partial charge in [-0.1, -0.05) is 25.6 Å². The lowest BCUT2D eigenvalue weighted by Gasteiger charge is -2.17. The zero-order chi connectivity index (χ0) is 22.3. The van der Waals surface area contributed by atoms with Gasteiger partial charge in [0.2, 0.25) is 12.7 Å². The predicted octanol–water partition coefficient (Wildman–Crippen LogP) is 4.58. The first-order valence-corrected chi connectivity index (χ1v) is 11.8. The fourth-order valence-electron chi connectivity index (χ4n) is 3.35. The van der Waals surface area contributed by atoms with Crippen LogP contribution in [0.1, 0.15) is 31.2 Å². The molecule has 1 unspecified atom stereocenters. The van der Waals surface area contributed by atoms with Crippen molar-refractivity contribution in [3.8, 4) is 11.5 Å². The van der Waals surface area contributed by atoms with Crippen molar-refractivity contribution in [2.75, 3.05) is 12.1 Å². The molecule has 0 saturated heterocycles. The quantitative estimate of drug-likeness (QED) is 0.429. The van der Waals surface area contributed by atoms with Gasteiger partial charge in [-0.15, -0.1) is 11.3 Å². The number of hydrogen-bond acceptors (Lipinski definition) is 7. The van der Waals surface area contributed by atoms with Gasteiger partial charge in [-0.3, -0.25) is 14.2 Å². The van der Waals surface area contributed by atoms with Gasteiger partial charge < -0.3 is 14.8 Å². The van der Waals surface area contributed by atoms with Gasteiger partial charge in [-0.05, 0) is 44.4 Å². The summed E-state index contributed by atoms with van der Waals surface area (Å²) in [6.07, 6.45) is 0. The summed E-state index contributed by atoms with van der Waals surface area (Å²) in [5, 5.41) is 3.72. The third-order valence-corrected chi connectivity index (χ3v) is 7.28. The van der Waals surface area contributed by atoms with Crippen LogP contribution in [0, 0.1) is 19.8 Å². The number of carbonyl (C=O) groups excluding carboxylic acids is 1. The Hall–Kier alpha value is -2.52. The molecular formula is C22H25N3O4S2. The number of nitrogens with one attached hydrogen (secondary N) is 1. The number of rotatable bonds is 6. The zero-order valence-corrected chi connectivity index (χ0v) is 19.8. The minimum atomic E-state index is -0.449. The molecule has 4 rings (SSSR count). The zero-order valence-electron chi connectivity index (χ0n) is 18.1. The van der Waals surface area contributed by atoms with E-state index < -0.39 is 5.25 Å². The van der Waals surface area contributed by atoms with Crippen LogP contribution in [-0.2, 0) is 11.3 Å². The van der Waals surface area contributed by atoms with E-state index in [4.69, 9.17) is 14.5 Å². The highest BCUT2D eigenvalue weighted by atomic mass is 32.2. The molecule has 0 aliphatic carbocycles. The lowest BCUT2D eigenvalue weighted by Crippen LogP contribution is -2.28. The smallest absolute Gasteiger partial charge is 0.263 e. The third kappa shape index (κ3) is 4.29. The Morgan fingerprint density at radius 3 is 2.74 bits per heavy atom. The summed E-state index contributed by atoms with van der Waals surface area (Å²) in [7, 11) is 0. The highest BCUT2D eigenvalue weighted by Gasteiger charge is 2.23. The Morgan fingerprint density at radius 2 is 2.00 bits per heavy atom. The minimum Gasteiger partial charge on any atom is -0.454 e. The van der Waals surface area contributed by atoms with Gasteiger partial charge in [0.15, 0.2) is 16.7 Å². The summed E-state index contributed by atoms with van der Waals surface area (Å²) in [5.74, 6) is 1.37. The Morgan fingerprint density at radius 1 is 1.26 bits per heavy atom. The average Bonchev–Trinajstić information content (AvgIpc) is 3.28. The summed E-state index contributed by atoms with van der Waals surface area (Å²) in [4.78, 5) is 32.7. The molecule has 7 nitrogen and oxygen atoms in total. The van der Waals surface area contributed by atoms with E-state index in [0.29, 0.717) is 34.3 Å². The van der Waals surface area contributed by atoms with E-state index in [-0.39, 0.29) is 24.2 Å². The lowest BCUT2D eigenvalue weighted by atomic mass is 10.2. The molecule has 31 heavy (non-hydrogen) atoms. The Kier molecular flexibility index (Phi) is 5.98. The van der Waals surface area contributed by atoms with E-state index in [0.717, 1.165) is 15.3 Å². The van der Waals surface area contributed by atoms with Crippen molar-refractivity contribution in [1.29, 1.82) is 0 Å². The van der Waals surface area contributed by atoms with E-state index in [1.807, 2.05) is 20.8 Å². The maximum atomic E-state index is 13.3. The van der Waals surface area contributed by atoms with Crippen molar-refractivity contribution < 1.29 is 14.3 Å². The predicted molar refractivity (Wildman–Crippen MR) is 125 cm³/mol. The molecule has 1 aliphatic heterocycles. The average molecular weight is 460 g/mol. The molecule has 0 bridgehead atoms. The number of fused-ring (bicyclic) bond motifs is 2. The first-order valence-electron chi connectivity index (χ1n) is 10.1. The van der Waals surface area contributed by atoms with Crippen molar-refractivity contribution in [2.24, 2.45) is 5.92 Å². The van der Waals surface area contributed by atoms with Gasteiger partial charge in [-0.2, -0.15) is 0 Å². The van der Waals surface area contributed by atoms with Crippen LogP contribution in [0.3, 0.4) is 0 Å². The number of benzene rings is 1. The second-order valence-electron chi connectivity index (χ2n) is 7.98. The first-order chi connectivity index (χ1) is 14.7. The van der Waals surface area contributed by atoms with Crippen LogP contribution in [0.15, 0.2) is 28.2 Å². The van der Waals surface area contributed by atoms with Gasteiger partial charge in [0.1, 0.15) is 4.83 Å². The first kappa shape index (κ1) is 21.7. The van der Waals surface area contributed by atoms with Gasteiger partial charge in [0.25, 0.3) is 5.56 Å². The summed E-state index contributed by atoms with van der Waals surface area (Å²) in [6.45, 7) is 10.6. The number of aryl methyl sites for hydroxylation is 2. The highest BCUT2D eigenvalue weighted by molar-refractivity contribution is 8.00. The van der Waals surface area contributed by atoms with E-state index in [1.165, 1.54) is 23.1 Å². The minimum absolute atomic E-state index is 0.0357. The van der Waals surface area contributed by atoms with Crippen LogP contribution in [0.4, 0.5) is 5.69 Å². The summed E-state index contributed by atoms with van der Waals surface area (Å²) in [5.41, 5.74) is 1.58. The molecule has 1 aromatic carbocycles. The van der Waals surface area contributed by atoms with E-state index in [1.54, 1.807) is 22.8 Å². The molecule has 1 aliphatic rings. The van der Waals surface area contributed by atoms with Crippen LogP contribution in [0.5, 0.6) is 11.5 Å². The topological polar surface area (TPSA) is 82.4 Å². The summed E-state index contributed by atoms with van der Waals surface area (Å²) in [6, 6.07) is 5.29. The van der Waals surface area contributed by atoms with Gasteiger partial charge in [-0.25, -0.2) is 4.98 Å². The van der Waals surface area contributed by atoms with Gasteiger partial charge >= 0.3 is 0 Å². The second-order valence-corrected chi connectivity index (χ2v) is 10.5. The number of nitrogens with zero attached hydrogens (tertiary/aromatic N) is 2. The monoisotopic (exact) mass is 459 g/mol. The molecule has 2 aromatic heterocycles. The van der Waals surface area contributed by atoms with E-state index in [9.17, 15) is 9.59 Å². The van der Waals surface area contributed by atoms with Crippen LogP contribution < -0.4 is 20.3 Å². The molecule has 1 N–H and O–H groups in total. The van der Waals surface area contributed by atoms with E-state index >= 15 is 0 Å².